The molecule has 1 aliphatic rings. The van der Waals surface area contributed by atoms with Gasteiger partial charge in [0.05, 0.1) is 0 Å². The van der Waals surface area contributed by atoms with Gasteiger partial charge in [-0.3, -0.25) is 4.79 Å². The molecule has 21 heavy (non-hydrogen) atoms. The van der Waals surface area contributed by atoms with Crippen LogP contribution in [0.1, 0.15) is 56.1 Å². The Morgan fingerprint density at radius 3 is 2.43 bits per heavy atom. The zero-order chi connectivity index (χ0) is 14.9. The van der Waals surface area contributed by atoms with E-state index in [9.17, 15) is 4.79 Å². The molecule has 1 fully saturated rings. The number of amides is 1. The smallest absolute Gasteiger partial charge is 0.221 e. The van der Waals surface area contributed by atoms with Gasteiger partial charge in [-0.05, 0) is 25.3 Å². The number of carbonyl (C=O) groups is 1. The van der Waals surface area contributed by atoms with E-state index in [1.807, 2.05) is 0 Å². The summed E-state index contributed by atoms with van der Waals surface area (Å²) in [5, 5.41) is 6.53. The van der Waals surface area contributed by atoms with E-state index in [4.69, 9.17) is 0 Å². The number of hydrogen-bond donors (Lipinski definition) is 2. The van der Waals surface area contributed by atoms with Crippen LogP contribution >= 0.6 is 0 Å². The molecular formula is C18H28N2O. The maximum Gasteiger partial charge on any atom is 0.221 e. The van der Waals surface area contributed by atoms with Gasteiger partial charge in [-0.15, -0.1) is 0 Å². The summed E-state index contributed by atoms with van der Waals surface area (Å²) < 4.78 is 0. The minimum atomic E-state index is 0.193. The highest BCUT2D eigenvalue weighted by Gasteiger charge is 2.14. The van der Waals surface area contributed by atoms with Crippen molar-refractivity contribution in [2.75, 3.05) is 6.54 Å². The van der Waals surface area contributed by atoms with E-state index in [1.54, 1.807) is 0 Å². The molecular weight excluding hydrogens is 260 g/mol. The van der Waals surface area contributed by atoms with Crippen LogP contribution < -0.4 is 10.6 Å². The molecule has 2 rings (SSSR count). The molecule has 1 aromatic carbocycles. The third-order valence-corrected chi connectivity index (χ3v) is 4.20. The van der Waals surface area contributed by atoms with Gasteiger partial charge in [-0.1, -0.05) is 55.5 Å². The first-order valence-corrected chi connectivity index (χ1v) is 8.29. The Balaban J connectivity index is 1.59. The fraction of sp³-hybridized carbons (Fsp3) is 0.611. The van der Waals surface area contributed by atoms with Gasteiger partial charge in [-0.2, -0.15) is 0 Å². The summed E-state index contributed by atoms with van der Waals surface area (Å²) in [6.45, 7) is 3.67. The second kappa shape index (κ2) is 8.83. The third-order valence-electron chi connectivity index (χ3n) is 4.20. The van der Waals surface area contributed by atoms with E-state index < -0.39 is 0 Å². The van der Waals surface area contributed by atoms with Gasteiger partial charge in [-0.25, -0.2) is 0 Å². The van der Waals surface area contributed by atoms with Crippen LogP contribution in [0, 0.1) is 6.92 Å². The van der Waals surface area contributed by atoms with Gasteiger partial charge < -0.3 is 10.6 Å². The van der Waals surface area contributed by atoms with E-state index in [-0.39, 0.29) is 5.91 Å². The molecule has 0 unspecified atom stereocenters. The molecule has 1 amide bonds. The van der Waals surface area contributed by atoms with E-state index in [0.29, 0.717) is 12.5 Å². The summed E-state index contributed by atoms with van der Waals surface area (Å²) in [5.41, 5.74) is 2.55. The van der Waals surface area contributed by atoms with Crippen molar-refractivity contribution in [1.29, 1.82) is 0 Å². The monoisotopic (exact) mass is 288 g/mol. The maximum atomic E-state index is 11.9. The molecule has 0 radical (unpaired) electrons. The van der Waals surface area contributed by atoms with E-state index >= 15 is 0 Å². The first-order chi connectivity index (χ1) is 10.2. The highest BCUT2D eigenvalue weighted by molar-refractivity contribution is 5.76. The average molecular weight is 288 g/mol. The van der Waals surface area contributed by atoms with Crippen molar-refractivity contribution in [1.82, 2.24) is 10.6 Å². The van der Waals surface area contributed by atoms with Gasteiger partial charge in [0, 0.05) is 25.6 Å². The average Bonchev–Trinajstić information content (AvgIpc) is 2.74. The topological polar surface area (TPSA) is 41.1 Å². The van der Waals surface area contributed by atoms with Crippen molar-refractivity contribution in [3.63, 3.8) is 0 Å². The number of rotatable bonds is 6. The lowest BCUT2D eigenvalue weighted by Crippen LogP contribution is -2.35. The Morgan fingerprint density at radius 2 is 1.76 bits per heavy atom. The minimum absolute atomic E-state index is 0.193. The lowest BCUT2D eigenvalue weighted by atomic mass is 10.1. The summed E-state index contributed by atoms with van der Waals surface area (Å²) in [4.78, 5) is 11.9. The Labute approximate surface area is 128 Å². The first-order valence-electron chi connectivity index (χ1n) is 8.29. The lowest BCUT2D eigenvalue weighted by Gasteiger charge is -2.16. The van der Waals surface area contributed by atoms with Crippen LogP contribution in [0.25, 0.3) is 0 Å². The molecule has 0 bridgehead atoms. The molecule has 2 N–H and O–H groups in total. The molecule has 0 heterocycles. The Hall–Kier alpha value is -1.35. The fourth-order valence-corrected chi connectivity index (χ4v) is 2.86. The van der Waals surface area contributed by atoms with Crippen molar-refractivity contribution in [2.24, 2.45) is 0 Å². The summed E-state index contributed by atoms with van der Waals surface area (Å²) in [5.74, 6) is 0.193. The highest BCUT2D eigenvalue weighted by Crippen LogP contribution is 2.17. The number of nitrogens with one attached hydrogen (secondary N) is 2. The van der Waals surface area contributed by atoms with Crippen molar-refractivity contribution in [3.05, 3.63) is 35.4 Å². The quantitative estimate of drug-likeness (QED) is 0.623. The molecule has 0 atom stereocenters. The van der Waals surface area contributed by atoms with Crippen LogP contribution in [-0.4, -0.2) is 18.5 Å². The van der Waals surface area contributed by atoms with Gasteiger partial charge in [0.25, 0.3) is 0 Å². The van der Waals surface area contributed by atoms with Gasteiger partial charge in [0.2, 0.25) is 5.91 Å². The molecule has 3 heteroatoms. The number of benzene rings is 1. The van der Waals surface area contributed by atoms with Crippen LogP contribution in [0.3, 0.4) is 0 Å². The fourth-order valence-electron chi connectivity index (χ4n) is 2.86. The summed E-state index contributed by atoms with van der Waals surface area (Å²) >= 11 is 0. The van der Waals surface area contributed by atoms with Crippen molar-refractivity contribution >= 4 is 5.91 Å². The zero-order valence-corrected chi connectivity index (χ0v) is 13.2. The van der Waals surface area contributed by atoms with E-state index in [1.165, 1.54) is 36.8 Å². The van der Waals surface area contributed by atoms with Crippen LogP contribution in [0.2, 0.25) is 0 Å². The Morgan fingerprint density at radius 1 is 1.10 bits per heavy atom. The SMILES string of the molecule is Cc1ccc(CNCCC(=O)NC2CCCCCC2)cc1. The summed E-state index contributed by atoms with van der Waals surface area (Å²) in [6.07, 6.45) is 8.05. The molecule has 0 spiro atoms. The highest BCUT2D eigenvalue weighted by atomic mass is 16.1. The van der Waals surface area contributed by atoms with Crippen LogP contribution in [-0.2, 0) is 11.3 Å². The molecule has 3 nitrogen and oxygen atoms in total. The predicted molar refractivity (Wildman–Crippen MR) is 87.1 cm³/mol. The molecule has 1 saturated carbocycles. The van der Waals surface area contributed by atoms with Gasteiger partial charge >= 0.3 is 0 Å². The minimum Gasteiger partial charge on any atom is -0.353 e. The second-order valence-electron chi connectivity index (χ2n) is 6.17. The normalized spacial score (nSPS) is 16.4. The Bertz CT molecular complexity index is 419. The molecule has 0 aromatic heterocycles. The van der Waals surface area contributed by atoms with Gasteiger partial charge in [0.1, 0.15) is 0 Å². The van der Waals surface area contributed by atoms with Crippen LogP contribution in [0.5, 0.6) is 0 Å². The first kappa shape index (κ1) is 16.0. The summed E-state index contributed by atoms with van der Waals surface area (Å²) in [7, 11) is 0. The molecule has 1 aliphatic carbocycles. The van der Waals surface area contributed by atoms with Crippen molar-refractivity contribution in [2.45, 2.75) is 64.5 Å². The largest absolute Gasteiger partial charge is 0.353 e. The van der Waals surface area contributed by atoms with Crippen molar-refractivity contribution < 1.29 is 4.79 Å². The van der Waals surface area contributed by atoms with Crippen LogP contribution in [0.4, 0.5) is 0 Å². The van der Waals surface area contributed by atoms with Crippen LogP contribution in [0.15, 0.2) is 24.3 Å². The lowest BCUT2D eigenvalue weighted by molar-refractivity contribution is -0.121. The molecule has 116 valence electrons. The third kappa shape index (κ3) is 6.30. The standard InChI is InChI=1S/C18H28N2O/c1-15-8-10-16(11-9-15)14-19-13-12-18(21)20-17-6-4-2-3-5-7-17/h8-11,17,19H,2-7,12-14H2,1H3,(H,20,21). The molecule has 1 aromatic rings. The number of hydrogen-bond acceptors (Lipinski definition) is 2. The zero-order valence-electron chi connectivity index (χ0n) is 13.2. The summed E-state index contributed by atoms with van der Waals surface area (Å²) in [6, 6.07) is 8.92. The molecule has 0 aliphatic heterocycles. The number of aryl methyl sites for hydroxylation is 1. The molecule has 0 saturated heterocycles. The second-order valence-corrected chi connectivity index (χ2v) is 6.17. The van der Waals surface area contributed by atoms with E-state index in [0.717, 1.165) is 25.9 Å². The Kier molecular flexibility index (Phi) is 6.74. The number of carbonyl (C=O) groups excluding carboxylic acids is 1. The van der Waals surface area contributed by atoms with Gasteiger partial charge in [0.15, 0.2) is 0 Å². The predicted octanol–water partition coefficient (Wildman–Crippen LogP) is 3.31. The van der Waals surface area contributed by atoms with Crippen molar-refractivity contribution in [3.8, 4) is 0 Å². The van der Waals surface area contributed by atoms with E-state index in [2.05, 4.69) is 41.8 Å². The maximum absolute atomic E-state index is 11.9.